The summed E-state index contributed by atoms with van der Waals surface area (Å²) in [5.41, 5.74) is 6.28. The average Bonchev–Trinajstić information content (AvgIpc) is 2.15. The van der Waals surface area contributed by atoms with E-state index in [2.05, 4.69) is 21.9 Å². The number of benzene rings is 1. The molecule has 4 heteroatoms. The smallest absolute Gasteiger partial charge is 0.156 e. The van der Waals surface area contributed by atoms with E-state index >= 15 is 0 Å². The number of nitrogen functional groups attached to an aromatic ring is 1. The van der Waals surface area contributed by atoms with Crippen molar-refractivity contribution in [3.8, 4) is 18.1 Å². The first kappa shape index (κ1) is 12.2. The van der Waals surface area contributed by atoms with Gasteiger partial charge in [0.2, 0.25) is 0 Å². The van der Waals surface area contributed by atoms with E-state index in [1.54, 1.807) is 12.1 Å². The minimum Gasteiger partial charge on any atom is -0.490 e. The molecule has 0 radical (unpaired) electrons. The Kier molecular flexibility index (Phi) is 4.80. The Bertz CT molecular complexity index is 364. The second-order valence-electron chi connectivity index (χ2n) is 2.96. The summed E-state index contributed by atoms with van der Waals surface area (Å²) in [6, 6.07) is 3.40. The highest BCUT2D eigenvalue weighted by Gasteiger charge is 2.07. The monoisotopic (exact) mass is 287 g/mol. The quantitative estimate of drug-likeness (QED) is 0.523. The lowest BCUT2D eigenvalue weighted by atomic mass is 10.3. The molecule has 0 spiro atoms. The lowest BCUT2D eigenvalue weighted by Crippen LogP contribution is -2.00. The Morgan fingerprint density at radius 1 is 1.53 bits per heavy atom. The zero-order valence-electron chi connectivity index (χ0n) is 8.09. The van der Waals surface area contributed by atoms with Gasteiger partial charge < -0.3 is 10.5 Å². The van der Waals surface area contributed by atoms with Crippen LogP contribution in [0.4, 0.5) is 5.69 Å². The van der Waals surface area contributed by atoms with Gasteiger partial charge in [-0.3, -0.25) is 0 Å². The second kappa shape index (κ2) is 5.89. The Morgan fingerprint density at radius 2 is 2.27 bits per heavy atom. The van der Waals surface area contributed by atoms with Crippen molar-refractivity contribution in [2.45, 2.75) is 12.8 Å². The van der Waals surface area contributed by atoms with Crippen LogP contribution >= 0.6 is 27.5 Å². The molecule has 0 aliphatic carbocycles. The first-order valence-corrected chi connectivity index (χ1v) is 5.63. The predicted octanol–water partition coefficient (Wildman–Crippen LogP) is 3.48. The van der Waals surface area contributed by atoms with E-state index in [-0.39, 0.29) is 0 Å². The van der Waals surface area contributed by atoms with Crippen LogP contribution in [-0.2, 0) is 0 Å². The van der Waals surface area contributed by atoms with Crippen molar-refractivity contribution in [3.63, 3.8) is 0 Å². The summed E-state index contributed by atoms with van der Waals surface area (Å²) in [6.07, 6.45) is 6.64. The number of hydrogen-bond acceptors (Lipinski definition) is 2. The van der Waals surface area contributed by atoms with Crippen LogP contribution in [0.2, 0.25) is 5.02 Å². The molecule has 0 fully saturated rings. The van der Waals surface area contributed by atoms with Crippen LogP contribution in [-0.4, -0.2) is 6.61 Å². The lowest BCUT2D eigenvalue weighted by molar-refractivity contribution is 0.313. The number of anilines is 1. The Labute approximate surface area is 103 Å². The third-order valence-corrected chi connectivity index (χ3v) is 2.56. The molecule has 0 aliphatic rings. The van der Waals surface area contributed by atoms with E-state index in [0.717, 1.165) is 10.9 Å². The maximum absolute atomic E-state index is 5.81. The molecule has 80 valence electrons. The van der Waals surface area contributed by atoms with Gasteiger partial charge in [0.25, 0.3) is 0 Å². The summed E-state index contributed by atoms with van der Waals surface area (Å²) in [5.74, 6) is 3.17. The van der Waals surface area contributed by atoms with Crippen LogP contribution in [0.1, 0.15) is 12.8 Å². The molecule has 2 N–H and O–H groups in total. The van der Waals surface area contributed by atoms with E-state index in [4.69, 9.17) is 28.5 Å². The summed E-state index contributed by atoms with van der Waals surface area (Å²) >= 11 is 9.15. The Hall–Kier alpha value is -0.850. The van der Waals surface area contributed by atoms with E-state index < -0.39 is 0 Å². The number of nitrogens with two attached hydrogens (primary N) is 1. The fourth-order valence-corrected chi connectivity index (χ4v) is 2.03. The summed E-state index contributed by atoms with van der Waals surface area (Å²) in [7, 11) is 0. The summed E-state index contributed by atoms with van der Waals surface area (Å²) in [4.78, 5) is 0. The topological polar surface area (TPSA) is 35.2 Å². The molecule has 0 bridgehead atoms. The molecule has 1 aromatic rings. The number of rotatable bonds is 4. The molecule has 0 aromatic heterocycles. The van der Waals surface area contributed by atoms with Crippen molar-refractivity contribution in [2.24, 2.45) is 0 Å². The Morgan fingerprint density at radius 3 is 2.87 bits per heavy atom. The number of hydrogen-bond donors (Lipinski definition) is 1. The minimum atomic E-state index is 0.523. The molecule has 0 saturated heterocycles. The maximum atomic E-state index is 5.81. The molecule has 0 aliphatic heterocycles. The highest BCUT2D eigenvalue weighted by molar-refractivity contribution is 9.10. The normalized spacial score (nSPS) is 9.67. The number of unbranched alkanes of at least 4 members (excludes halogenated alkanes) is 1. The molecule has 0 amide bonds. The first-order chi connectivity index (χ1) is 7.15. The third kappa shape index (κ3) is 3.65. The number of ether oxygens (including phenoxy) is 1. The fraction of sp³-hybridized carbons (Fsp3) is 0.273. The number of halogens is 2. The zero-order chi connectivity index (χ0) is 11.3. The average molecular weight is 289 g/mol. The van der Waals surface area contributed by atoms with Gasteiger partial charge >= 0.3 is 0 Å². The van der Waals surface area contributed by atoms with Gasteiger partial charge in [-0.1, -0.05) is 11.6 Å². The van der Waals surface area contributed by atoms with E-state index in [0.29, 0.717) is 29.5 Å². The van der Waals surface area contributed by atoms with Gasteiger partial charge in [-0.15, -0.1) is 12.3 Å². The second-order valence-corrected chi connectivity index (χ2v) is 4.25. The van der Waals surface area contributed by atoms with Gasteiger partial charge in [-0.05, 0) is 34.5 Å². The van der Waals surface area contributed by atoms with Crippen LogP contribution in [0.5, 0.6) is 5.75 Å². The van der Waals surface area contributed by atoms with Gasteiger partial charge in [-0.2, -0.15) is 0 Å². The fourth-order valence-electron chi connectivity index (χ4n) is 1.08. The first-order valence-electron chi connectivity index (χ1n) is 4.46. The highest BCUT2D eigenvalue weighted by atomic mass is 79.9. The van der Waals surface area contributed by atoms with Crippen molar-refractivity contribution < 1.29 is 4.74 Å². The molecular weight excluding hydrogens is 277 g/mol. The predicted molar refractivity (Wildman–Crippen MR) is 67.1 cm³/mol. The van der Waals surface area contributed by atoms with Crippen molar-refractivity contribution in [3.05, 3.63) is 21.6 Å². The molecule has 2 nitrogen and oxygen atoms in total. The van der Waals surface area contributed by atoms with Crippen LogP contribution in [0.25, 0.3) is 0 Å². The molecule has 0 saturated carbocycles. The van der Waals surface area contributed by atoms with E-state index in [9.17, 15) is 0 Å². The maximum Gasteiger partial charge on any atom is 0.156 e. The molecule has 1 aromatic carbocycles. The number of terminal acetylenes is 1. The minimum absolute atomic E-state index is 0.523. The van der Waals surface area contributed by atoms with Crippen LogP contribution in [0.3, 0.4) is 0 Å². The summed E-state index contributed by atoms with van der Waals surface area (Å²) in [5, 5.41) is 0.579. The van der Waals surface area contributed by atoms with Crippen LogP contribution in [0.15, 0.2) is 16.6 Å². The standard InChI is InChI=1S/C11H11BrClNO/c1-2-3-4-5-15-11-9(12)6-8(13)7-10(11)14/h1,6-7H,3-5,14H2. The van der Waals surface area contributed by atoms with Gasteiger partial charge in [0.15, 0.2) is 5.75 Å². The van der Waals surface area contributed by atoms with Crippen molar-refractivity contribution >= 4 is 33.2 Å². The SMILES string of the molecule is C#CCCCOc1c(N)cc(Cl)cc1Br. The van der Waals surface area contributed by atoms with E-state index in [1.807, 2.05) is 0 Å². The lowest BCUT2D eigenvalue weighted by Gasteiger charge is -2.10. The third-order valence-electron chi connectivity index (χ3n) is 1.75. The van der Waals surface area contributed by atoms with E-state index in [1.165, 1.54) is 0 Å². The summed E-state index contributed by atoms with van der Waals surface area (Å²) < 4.78 is 6.26. The molecular formula is C11H11BrClNO. The molecule has 0 unspecified atom stereocenters. The zero-order valence-corrected chi connectivity index (χ0v) is 10.4. The van der Waals surface area contributed by atoms with Crippen molar-refractivity contribution in [2.75, 3.05) is 12.3 Å². The molecule has 0 heterocycles. The summed E-state index contributed by atoms with van der Waals surface area (Å²) in [6.45, 7) is 0.550. The molecule has 15 heavy (non-hydrogen) atoms. The Balaban J connectivity index is 2.65. The van der Waals surface area contributed by atoms with Crippen LogP contribution in [0, 0.1) is 12.3 Å². The van der Waals surface area contributed by atoms with Crippen molar-refractivity contribution in [1.82, 2.24) is 0 Å². The van der Waals surface area contributed by atoms with Gasteiger partial charge in [0.1, 0.15) is 0 Å². The molecule has 1 rings (SSSR count). The molecule has 0 atom stereocenters. The van der Waals surface area contributed by atoms with Gasteiger partial charge in [0, 0.05) is 11.4 Å². The highest BCUT2D eigenvalue weighted by Crippen LogP contribution is 2.34. The van der Waals surface area contributed by atoms with Crippen molar-refractivity contribution in [1.29, 1.82) is 0 Å². The van der Waals surface area contributed by atoms with Crippen LogP contribution < -0.4 is 10.5 Å². The largest absolute Gasteiger partial charge is 0.490 e. The van der Waals surface area contributed by atoms with Gasteiger partial charge in [0.05, 0.1) is 16.8 Å². The van der Waals surface area contributed by atoms with Gasteiger partial charge in [-0.25, -0.2) is 0 Å².